The van der Waals surface area contributed by atoms with Crippen molar-refractivity contribution in [2.75, 3.05) is 0 Å². The van der Waals surface area contributed by atoms with E-state index in [0.717, 1.165) is 0 Å². The summed E-state index contributed by atoms with van der Waals surface area (Å²) >= 11 is 0. The zero-order chi connectivity index (χ0) is 14.4. The van der Waals surface area contributed by atoms with Crippen LogP contribution in [0.15, 0.2) is 17.7 Å². The van der Waals surface area contributed by atoms with Crippen LogP contribution in [0.3, 0.4) is 0 Å². The molecule has 102 valence electrons. The van der Waals surface area contributed by atoms with Crippen LogP contribution in [-0.4, -0.2) is 12.0 Å². The molecule has 0 bridgehead atoms. The Morgan fingerprint density at radius 1 is 1.16 bits per heavy atom. The summed E-state index contributed by atoms with van der Waals surface area (Å²) in [6.45, 7) is 0. The number of fused-ring (bicyclic) bond motifs is 1. The average Bonchev–Trinajstić information content (AvgIpc) is 2.28. The van der Waals surface area contributed by atoms with Gasteiger partial charge in [-0.1, -0.05) is 5.76 Å². The number of benzene rings is 1. The van der Waals surface area contributed by atoms with Crippen LogP contribution in [0.2, 0.25) is 0 Å². The average molecular weight is 277 g/mol. The molecule has 1 aromatic rings. The molecule has 0 aromatic heterocycles. The molecule has 0 radical (unpaired) electrons. The summed E-state index contributed by atoms with van der Waals surface area (Å²) in [5.74, 6) is -5.60. The highest BCUT2D eigenvalue weighted by Crippen LogP contribution is 2.34. The Morgan fingerprint density at radius 2 is 1.79 bits per heavy atom. The molecule has 0 aliphatic heterocycles. The lowest BCUT2D eigenvalue weighted by atomic mass is 9.88. The van der Waals surface area contributed by atoms with E-state index < -0.39 is 46.9 Å². The Bertz CT molecular complexity index is 587. The monoisotopic (exact) mass is 277 g/mol. The number of halogens is 5. The third-order valence-corrected chi connectivity index (χ3v) is 2.84. The van der Waals surface area contributed by atoms with Crippen LogP contribution in [-0.2, 0) is 11.2 Å². The van der Waals surface area contributed by atoms with Crippen molar-refractivity contribution in [2.45, 2.75) is 19.0 Å². The maximum atomic E-state index is 13.4. The number of carbonyl (C=O) groups is 1. The molecular formula is C12H6F5O2-. The summed E-state index contributed by atoms with van der Waals surface area (Å²) in [5, 5.41) is 11.7. The lowest BCUT2D eigenvalue weighted by Gasteiger charge is -2.27. The van der Waals surface area contributed by atoms with Crippen LogP contribution in [0.5, 0.6) is 0 Å². The highest BCUT2D eigenvalue weighted by Gasteiger charge is 2.41. The lowest BCUT2D eigenvalue weighted by molar-refractivity contribution is -0.246. The van der Waals surface area contributed by atoms with Crippen molar-refractivity contribution < 1.29 is 31.9 Å². The van der Waals surface area contributed by atoms with Crippen molar-refractivity contribution in [3.63, 3.8) is 0 Å². The van der Waals surface area contributed by atoms with E-state index in [1.165, 1.54) is 0 Å². The van der Waals surface area contributed by atoms with Gasteiger partial charge < -0.3 is 5.11 Å². The first-order valence-electron chi connectivity index (χ1n) is 5.21. The van der Waals surface area contributed by atoms with Crippen molar-refractivity contribution in [3.8, 4) is 0 Å². The number of carbonyl (C=O) groups excluding carboxylic acids is 1. The summed E-state index contributed by atoms with van der Waals surface area (Å²) in [6.07, 6.45) is -5.93. The first kappa shape index (κ1) is 13.5. The quantitative estimate of drug-likeness (QED) is 0.738. The van der Waals surface area contributed by atoms with Crippen LogP contribution in [0.1, 0.15) is 17.5 Å². The fraction of sp³-hybridized carbons (Fsp3) is 0.250. The molecule has 0 fully saturated rings. The van der Waals surface area contributed by atoms with Gasteiger partial charge in [-0.05, 0) is 35.6 Å². The fourth-order valence-electron chi connectivity index (χ4n) is 1.97. The smallest absolute Gasteiger partial charge is 0.454 e. The molecule has 1 aromatic carbocycles. The number of rotatable bonds is 1. The highest BCUT2D eigenvalue weighted by molar-refractivity contribution is 6.05. The molecule has 7 heteroatoms. The van der Waals surface area contributed by atoms with Crippen molar-refractivity contribution in [2.24, 2.45) is 0 Å². The van der Waals surface area contributed by atoms with Crippen LogP contribution in [0.4, 0.5) is 22.0 Å². The molecule has 0 spiro atoms. The molecule has 0 saturated carbocycles. The van der Waals surface area contributed by atoms with Gasteiger partial charge in [0, 0.05) is 6.07 Å². The Balaban J connectivity index is 2.58. The molecule has 0 atom stereocenters. The topological polar surface area (TPSA) is 40.1 Å². The Morgan fingerprint density at radius 3 is 2.37 bits per heavy atom. The van der Waals surface area contributed by atoms with Crippen molar-refractivity contribution in [1.29, 1.82) is 0 Å². The second-order valence-corrected chi connectivity index (χ2v) is 4.05. The summed E-state index contributed by atoms with van der Waals surface area (Å²) in [5.41, 5.74) is -1.66. The van der Waals surface area contributed by atoms with Crippen LogP contribution >= 0.6 is 0 Å². The van der Waals surface area contributed by atoms with Gasteiger partial charge in [0.05, 0.1) is 0 Å². The van der Waals surface area contributed by atoms with E-state index in [1.807, 2.05) is 0 Å². The van der Waals surface area contributed by atoms with Gasteiger partial charge in [-0.15, -0.1) is 0 Å². The fourth-order valence-corrected chi connectivity index (χ4v) is 1.97. The van der Waals surface area contributed by atoms with E-state index >= 15 is 0 Å². The molecule has 0 heterocycles. The van der Waals surface area contributed by atoms with Crippen LogP contribution in [0, 0.1) is 11.6 Å². The predicted octanol–water partition coefficient (Wildman–Crippen LogP) is 2.11. The first-order chi connectivity index (χ1) is 8.71. The minimum atomic E-state index is -5.17. The summed E-state index contributed by atoms with van der Waals surface area (Å²) < 4.78 is 63.2. The minimum absolute atomic E-state index is 0.162. The van der Waals surface area contributed by atoms with E-state index in [9.17, 15) is 31.9 Å². The molecular weight excluding hydrogens is 271 g/mol. The van der Waals surface area contributed by atoms with Crippen molar-refractivity contribution >= 4 is 11.5 Å². The number of hydrogen-bond donors (Lipinski definition) is 0. The number of hydrogen-bond acceptors (Lipinski definition) is 2. The Hall–Kier alpha value is -1.92. The molecule has 1 aliphatic rings. The van der Waals surface area contributed by atoms with Gasteiger partial charge in [0.15, 0.2) is 0 Å². The molecule has 2 rings (SSSR count). The van der Waals surface area contributed by atoms with Gasteiger partial charge in [0.2, 0.25) is 0 Å². The Kier molecular flexibility index (Phi) is 3.07. The van der Waals surface area contributed by atoms with Crippen LogP contribution < -0.4 is 5.11 Å². The lowest BCUT2D eigenvalue weighted by Crippen LogP contribution is -2.29. The van der Waals surface area contributed by atoms with E-state index in [1.54, 1.807) is 0 Å². The largest absolute Gasteiger partial charge is 0.872 e. The summed E-state index contributed by atoms with van der Waals surface area (Å²) in [7, 11) is 0. The summed E-state index contributed by atoms with van der Waals surface area (Å²) in [6, 6.07) is 1.19. The second-order valence-electron chi connectivity index (χ2n) is 4.05. The minimum Gasteiger partial charge on any atom is -0.872 e. The molecule has 0 unspecified atom stereocenters. The molecule has 2 nitrogen and oxygen atoms in total. The third kappa shape index (κ3) is 2.32. The van der Waals surface area contributed by atoms with Gasteiger partial charge >= 0.3 is 6.18 Å². The van der Waals surface area contributed by atoms with Gasteiger partial charge in [0.25, 0.3) is 5.78 Å². The highest BCUT2D eigenvalue weighted by atomic mass is 19.4. The molecule has 0 amide bonds. The molecule has 19 heavy (non-hydrogen) atoms. The van der Waals surface area contributed by atoms with Gasteiger partial charge in [-0.25, -0.2) is 8.78 Å². The maximum absolute atomic E-state index is 13.4. The van der Waals surface area contributed by atoms with E-state index in [4.69, 9.17) is 0 Å². The molecule has 0 saturated heterocycles. The number of alkyl halides is 3. The van der Waals surface area contributed by atoms with E-state index in [2.05, 4.69) is 0 Å². The SMILES string of the molecule is O=C(C1=C([O-])c2cc(F)cc(F)c2CC1)C(F)(F)F. The first-order valence-corrected chi connectivity index (χ1v) is 5.21. The standard InChI is InChI=1S/C12H7F5O2/c13-5-3-8-6(9(14)4-5)1-2-7(10(8)18)11(19)12(15,16)17/h3-4,18H,1-2H2/p-1. The molecule has 1 aliphatic carbocycles. The molecule has 0 N–H and O–H groups in total. The zero-order valence-electron chi connectivity index (χ0n) is 9.28. The number of allylic oxidation sites excluding steroid dienone is 1. The third-order valence-electron chi connectivity index (χ3n) is 2.84. The van der Waals surface area contributed by atoms with E-state index in [-0.39, 0.29) is 12.0 Å². The zero-order valence-corrected chi connectivity index (χ0v) is 9.28. The van der Waals surface area contributed by atoms with Crippen molar-refractivity contribution in [3.05, 3.63) is 40.5 Å². The van der Waals surface area contributed by atoms with Gasteiger partial charge in [0.1, 0.15) is 11.6 Å². The predicted molar refractivity (Wildman–Crippen MR) is 52.7 cm³/mol. The second kappa shape index (κ2) is 4.32. The van der Waals surface area contributed by atoms with Crippen LogP contribution in [0.25, 0.3) is 5.76 Å². The Labute approximate surface area is 104 Å². The van der Waals surface area contributed by atoms with Gasteiger partial charge in [-0.2, -0.15) is 13.2 Å². The number of Topliss-reactive ketones (excluding diaryl/α,β-unsaturated/α-hetero) is 1. The van der Waals surface area contributed by atoms with E-state index in [0.29, 0.717) is 12.1 Å². The van der Waals surface area contributed by atoms with Crippen molar-refractivity contribution in [1.82, 2.24) is 0 Å². The summed E-state index contributed by atoms with van der Waals surface area (Å²) in [4.78, 5) is 11.0. The number of ketones is 1. The maximum Gasteiger partial charge on any atom is 0.454 e. The normalized spacial score (nSPS) is 15.4. The van der Waals surface area contributed by atoms with Gasteiger partial charge in [-0.3, -0.25) is 4.79 Å².